The van der Waals surface area contributed by atoms with Crippen LogP contribution in [-0.2, 0) is 24.8 Å². The molecule has 14 heteroatoms. The van der Waals surface area contributed by atoms with E-state index in [-0.39, 0.29) is 46.2 Å². The highest BCUT2D eigenvalue weighted by atomic mass is 32.2. The first-order valence-electron chi connectivity index (χ1n) is 16.2. The van der Waals surface area contributed by atoms with Gasteiger partial charge in [0.05, 0.1) is 22.5 Å². The van der Waals surface area contributed by atoms with E-state index in [9.17, 15) is 39.5 Å². The average molecular weight is 733 g/mol. The van der Waals surface area contributed by atoms with Gasteiger partial charge in [0, 0.05) is 47.9 Å². The third-order valence-corrected chi connectivity index (χ3v) is 12.5. The minimum atomic E-state index is -4.02. The molecule has 0 spiro atoms. The lowest BCUT2D eigenvalue weighted by molar-refractivity contribution is 0.0263. The number of sulfonamides is 2. The molecule has 0 aromatic heterocycles. The molecule has 6 rings (SSSR count). The molecule has 0 aliphatic heterocycles. The molecule has 0 saturated heterocycles. The minimum absolute atomic E-state index is 0.00398. The van der Waals surface area contributed by atoms with E-state index in [1.54, 1.807) is 0 Å². The van der Waals surface area contributed by atoms with Crippen LogP contribution in [-0.4, -0.2) is 53.3 Å². The van der Waals surface area contributed by atoms with Crippen LogP contribution < -0.4 is 9.44 Å². The monoisotopic (exact) mass is 732 g/mol. The number of hydrogen-bond acceptors (Lipinski definition) is 6. The number of ether oxygens (including phenoxy) is 1. The van der Waals surface area contributed by atoms with Crippen molar-refractivity contribution in [2.75, 3.05) is 13.2 Å². The van der Waals surface area contributed by atoms with Gasteiger partial charge >= 0.3 is 0 Å². The van der Waals surface area contributed by atoms with Crippen LogP contribution in [0.25, 0.3) is 22.3 Å². The summed E-state index contributed by atoms with van der Waals surface area (Å²) in [5.74, 6) is -3.49. The highest BCUT2D eigenvalue weighted by molar-refractivity contribution is 7.89. The zero-order chi connectivity index (χ0) is 35.6. The highest BCUT2D eigenvalue weighted by Crippen LogP contribution is 2.34. The molecule has 8 nitrogen and oxygen atoms in total. The molecule has 3 N–H and O–H groups in total. The molecule has 2 aliphatic rings. The molecular formula is C36H36F4N2O6S2. The lowest BCUT2D eigenvalue weighted by Gasteiger charge is -2.23. The third-order valence-electron chi connectivity index (χ3n) is 9.52. The van der Waals surface area contributed by atoms with Crippen molar-refractivity contribution in [1.82, 2.24) is 9.44 Å². The topological polar surface area (TPSA) is 122 Å². The zero-order valence-electron chi connectivity index (χ0n) is 26.7. The molecule has 4 aromatic rings. The predicted octanol–water partition coefficient (Wildman–Crippen LogP) is 6.16. The Hall–Kier alpha value is -3.66. The van der Waals surface area contributed by atoms with E-state index >= 15 is 0 Å². The van der Waals surface area contributed by atoms with Crippen molar-refractivity contribution in [2.45, 2.75) is 60.1 Å². The molecule has 0 bridgehead atoms. The molecule has 4 aromatic carbocycles. The van der Waals surface area contributed by atoms with Crippen molar-refractivity contribution in [3.05, 3.63) is 108 Å². The molecule has 0 amide bonds. The Bertz CT molecular complexity index is 2050. The Labute approximate surface area is 288 Å². The fourth-order valence-corrected chi connectivity index (χ4v) is 9.47. The lowest BCUT2D eigenvalue weighted by Crippen LogP contribution is -2.39. The fourth-order valence-electron chi connectivity index (χ4n) is 6.82. The van der Waals surface area contributed by atoms with Crippen molar-refractivity contribution in [3.63, 3.8) is 0 Å². The normalized spacial score (nSPS) is 22.6. The molecule has 0 heterocycles. The Morgan fingerprint density at radius 2 is 1.14 bits per heavy atom. The maximum atomic E-state index is 14.2. The molecule has 2 aliphatic carbocycles. The predicted molar refractivity (Wildman–Crippen MR) is 179 cm³/mol. The first kappa shape index (κ1) is 36.1. The number of nitrogens with one attached hydrogen (secondary N) is 2. The van der Waals surface area contributed by atoms with Crippen LogP contribution in [0.5, 0.6) is 0 Å². The Morgan fingerprint density at radius 3 is 1.62 bits per heavy atom. The summed E-state index contributed by atoms with van der Waals surface area (Å²) in [6.45, 7) is -0.0338. The van der Waals surface area contributed by atoms with Crippen molar-refractivity contribution >= 4 is 20.0 Å². The highest BCUT2D eigenvalue weighted by Gasteiger charge is 2.39. The summed E-state index contributed by atoms with van der Waals surface area (Å²) < 4.78 is 120. The van der Waals surface area contributed by atoms with Gasteiger partial charge in [-0.3, -0.25) is 0 Å². The standard InChI is InChI=1S/C36H36F4N2O6S2/c37-26-8-14-31(33(39)17-26)22-4-10-29(11-5-22)49(44,45)41-35-3-1-2-24(35)21-48-28-16-25(20-43)36(19-28)42-50(46,47)30-12-6-23(7-13-30)32-15-9-27(38)18-34(32)40/h4-15,17-18,24-25,28,35-36,41-43H,1-3,16,19-21H2/t24-,25+,28?,35-,36-/m0/s1. The summed E-state index contributed by atoms with van der Waals surface area (Å²) in [5, 5.41) is 10.0. The van der Waals surface area contributed by atoms with Crippen molar-refractivity contribution in [3.8, 4) is 22.3 Å². The molecular weight excluding hydrogens is 697 g/mol. The molecule has 1 unspecified atom stereocenters. The second-order valence-electron chi connectivity index (χ2n) is 12.8. The molecule has 0 radical (unpaired) electrons. The van der Waals surface area contributed by atoms with Gasteiger partial charge in [-0.1, -0.05) is 30.7 Å². The molecule has 5 atom stereocenters. The van der Waals surface area contributed by atoms with Gasteiger partial charge in [-0.05, 0) is 91.3 Å². The van der Waals surface area contributed by atoms with Crippen molar-refractivity contribution in [1.29, 1.82) is 0 Å². The van der Waals surface area contributed by atoms with Gasteiger partial charge in [-0.15, -0.1) is 0 Å². The fraction of sp³-hybridized carbons (Fsp3) is 0.333. The largest absolute Gasteiger partial charge is 0.396 e. The zero-order valence-corrected chi connectivity index (χ0v) is 28.4. The Balaban J connectivity index is 1.04. The quantitative estimate of drug-likeness (QED) is 0.150. The van der Waals surface area contributed by atoms with E-state index < -0.39 is 61.3 Å². The van der Waals surface area contributed by atoms with Crippen LogP contribution in [0.1, 0.15) is 32.1 Å². The number of halogens is 4. The van der Waals surface area contributed by atoms with Crippen molar-refractivity contribution in [2.24, 2.45) is 11.8 Å². The average Bonchev–Trinajstić information content (AvgIpc) is 3.69. The molecule has 2 saturated carbocycles. The Morgan fingerprint density at radius 1 is 0.640 bits per heavy atom. The summed E-state index contributed by atoms with van der Waals surface area (Å²) in [5.41, 5.74) is 1.07. The first-order valence-corrected chi connectivity index (χ1v) is 19.2. The van der Waals surface area contributed by atoms with Gasteiger partial charge in [-0.25, -0.2) is 43.8 Å². The Kier molecular flexibility index (Phi) is 10.8. The van der Waals surface area contributed by atoms with Crippen LogP contribution in [0.15, 0.2) is 94.7 Å². The van der Waals surface area contributed by atoms with Crippen LogP contribution in [0.2, 0.25) is 0 Å². The van der Waals surface area contributed by atoms with E-state index in [1.807, 2.05) is 0 Å². The van der Waals surface area contributed by atoms with Gasteiger partial charge in [0.2, 0.25) is 20.0 Å². The van der Waals surface area contributed by atoms with Gasteiger partial charge in [0.15, 0.2) is 0 Å². The molecule has 266 valence electrons. The van der Waals surface area contributed by atoms with Gasteiger partial charge < -0.3 is 9.84 Å². The van der Waals surface area contributed by atoms with Crippen LogP contribution in [0.3, 0.4) is 0 Å². The minimum Gasteiger partial charge on any atom is -0.396 e. The van der Waals surface area contributed by atoms with Gasteiger partial charge in [-0.2, -0.15) is 0 Å². The first-order chi connectivity index (χ1) is 23.8. The smallest absolute Gasteiger partial charge is 0.240 e. The number of benzene rings is 4. The van der Waals surface area contributed by atoms with E-state index in [1.165, 1.54) is 60.7 Å². The second kappa shape index (κ2) is 14.9. The maximum absolute atomic E-state index is 14.2. The summed E-state index contributed by atoms with van der Waals surface area (Å²) >= 11 is 0. The van der Waals surface area contributed by atoms with Gasteiger partial charge in [0.25, 0.3) is 0 Å². The van der Waals surface area contributed by atoms with Crippen LogP contribution in [0.4, 0.5) is 17.6 Å². The van der Waals surface area contributed by atoms with E-state index in [4.69, 9.17) is 4.74 Å². The lowest BCUT2D eigenvalue weighted by atomic mass is 10.1. The van der Waals surface area contributed by atoms with E-state index in [2.05, 4.69) is 9.44 Å². The third kappa shape index (κ3) is 8.11. The van der Waals surface area contributed by atoms with Crippen LogP contribution >= 0.6 is 0 Å². The van der Waals surface area contributed by atoms with E-state index in [0.29, 0.717) is 30.4 Å². The summed E-state index contributed by atoms with van der Waals surface area (Å²) in [4.78, 5) is -0.0486. The van der Waals surface area contributed by atoms with Crippen molar-refractivity contribution < 1.29 is 44.2 Å². The molecule has 2 fully saturated rings. The molecule has 50 heavy (non-hydrogen) atoms. The summed E-state index contributed by atoms with van der Waals surface area (Å²) in [7, 11) is -7.94. The summed E-state index contributed by atoms with van der Waals surface area (Å²) in [6.07, 6.45) is 2.43. The van der Waals surface area contributed by atoms with Gasteiger partial charge in [0.1, 0.15) is 23.3 Å². The second-order valence-corrected chi connectivity index (χ2v) is 16.2. The number of aliphatic hydroxyl groups excluding tert-OH is 1. The van der Waals surface area contributed by atoms with Crippen LogP contribution in [0, 0.1) is 35.1 Å². The number of rotatable bonds is 12. The number of hydrogen-bond donors (Lipinski definition) is 3. The summed E-state index contributed by atoms with van der Waals surface area (Å²) in [6, 6.07) is 16.5. The SMILES string of the molecule is O=S(=O)(N[C@H]1CCC[C@H]1COC1C[C@H](CO)[C@@H](NS(=O)(=O)c2ccc(-c3ccc(F)cc3F)cc2)C1)c1ccc(-c2ccc(F)cc2F)cc1. The maximum Gasteiger partial charge on any atom is 0.240 e. The van der Waals surface area contributed by atoms with E-state index in [0.717, 1.165) is 37.1 Å². The number of aliphatic hydroxyl groups is 1.